The van der Waals surface area contributed by atoms with E-state index in [9.17, 15) is 4.79 Å². The van der Waals surface area contributed by atoms with Gasteiger partial charge in [0.1, 0.15) is 5.82 Å². The molecule has 1 saturated heterocycles. The predicted octanol–water partition coefficient (Wildman–Crippen LogP) is 3.72. The number of hydrogen-bond acceptors (Lipinski definition) is 4. The Kier molecular flexibility index (Phi) is 6.40. The lowest BCUT2D eigenvalue weighted by Crippen LogP contribution is -2.46. The summed E-state index contributed by atoms with van der Waals surface area (Å²) in [4.78, 5) is 19.5. The molecule has 2 N–H and O–H groups in total. The zero-order valence-corrected chi connectivity index (χ0v) is 17.3. The van der Waals surface area contributed by atoms with Crippen molar-refractivity contribution >= 4 is 11.7 Å². The van der Waals surface area contributed by atoms with E-state index in [1.807, 2.05) is 12.1 Å². The van der Waals surface area contributed by atoms with Crippen molar-refractivity contribution in [3.63, 3.8) is 0 Å². The molecule has 1 amide bonds. The largest absolute Gasteiger partial charge is 0.353 e. The van der Waals surface area contributed by atoms with Crippen LogP contribution in [0.15, 0.2) is 72.9 Å². The Hall–Kier alpha value is -3.18. The number of carbonyl (C=O) groups is 1. The molecule has 154 valence electrons. The molecule has 0 bridgehead atoms. The van der Waals surface area contributed by atoms with Crippen molar-refractivity contribution in [2.75, 3.05) is 24.5 Å². The quantitative estimate of drug-likeness (QED) is 0.662. The van der Waals surface area contributed by atoms with Gasteiger partial charge in [0.15, 0.2) is 0 Å². The van der Waals surface area contributed by atoms with Crippen LogP contribution in [-0.2, 0) is 13.0 Å². The number of pyridine rings is 1. The molecule has 1 fully saturated rings. The first-order valence-electron chi connectivity index (χ1n) is 10.6. The van der Waals surface area contributed by atoms with E-state index in [1.165, 1.54) is 11.1 Å². The van der Waals surface area contributed by atoms with Gasteiger partial charge >= 0.3 is 0 Å². The van der Waals surface area contributed by atoms with Crippen molar-refractivity contribution in [2.24, 2.45) is 0 Å². The molecule has 0 aliphatic carbocycles. The van der Waals surface area contributed by atoms with E-state index in [2.05, 4.69) is 76.0 Å². The molecule has 30 heavy (non-hydrogen) atoms. The third kappa shape index (κ3) is 4.86. The molecule has 5 nitrogen and oxygen atoms in total. The summed E-state index contributed by atoms with van der Waals surface area (Å²) in [6.07, 6.45) is 2.74. The van der Waals surface area contributed by atoms with E-state index in [1.54, 1.807) is 12.3 Å². The van der Waals surface area contributed by atoms with Gasteiger partial charge in [0.05, 0.1) is 0 Å². The summed E-state index contributed by atoms with van der Waals surface area (Å²) in [6, 6.07) is 22.7. The summed E-state index contributed by atoms with van der Waals surface area (Å²) in [5.41, 5.74) is 4.31. The lowest BCUT2D eigenvalue weighted by atomic mass is 10.0. The van der Waals surface area contributed by atoms with E-state index in [-0.39, 0.29) is 11.9 Å². The number of aryl methyl sites for hydroxylation is 1. The third-order valence-electron chi connectivity index (χ3n) is 5.59. The fourth-order valence-corrected chi connectivity index (χ4v) is 3.78. The maximum atomic E-state index is 12.7. The fourth-order valence-electron chi connectivity index (χ4n) is 3.78. The van der Waals surface area contributed by atoms with Gasteiger partial charge in [0.25, 0.3) is 5.91 Å². The highest BCUT2D eigenvalue weighted by atomic mass is 16.1. The Bertz CT molecular complexity index is 972. The van der Waals surface area contributed by atoms with Gasteiger partial charge in [0, 0.05) is 44.0 Å². The summed E-state index contributed by atoms with van der Waals surface area (Å²) in [5, 5.41) is 6.59. The van der Waals surface area contributed by atoms with Gasteiger partial charge in [-0.3, -0.25) is 4.79 Å². The topological polar surface area (TPSA) is 57.3 Å². The van der Waals surface area contributed by atoms with Crippen molar-refractivity contribution in [1.29, 1.82) is 0 Å². The van der Waals surface area contributed by atoms with Crippen molar-refractivity contribution < 1.29 is 4.79 Å². The lowest BCUT2D eigenvalue weighted by molar-refractivity contribution is 0.0951. The minimum absolute atomic E-state index is 0.0760. The van der Waals surface area contributed by atoms with Crippen molar-refractivity contribution in [3.8, 4) is 0 Å². The molecule has 3 aromatic rings. The molecular weight excluding hydrogens is 372 g/mol. The molecule has 1 aromatic heterocycles. The predicted molar refractivity (Wildman–Crippen MR) is 121 cm³/mol. The zero-order chi connectivity index (χ0) is 20.8. The second-order valence-electron chi connectivity index (χ2n) is 7.62. The molecule has 0 saturated carbocycles. The average Bonchev–Trinajstić information content (AvgIpc) is 2.83. The number of rotatable bonds is 6. The van der Waals surface area contributed by atoms with Crippen LogP contribution in [0.3, 0.4) is 0 Å². The number of piperazine rings is 1. The summed E-state index contributed by atoms with van der Waals surface area (Å²) in [7, 11) is 0. The molecule has 4 rings (SSSR count). The summed E-state index contributed by atoms with van der Waals surface area (Å²) >= 11 is 0. The molecule has 0 radical (unpaired) electrons. The van der Waals surface area contributed by atoms with Crippen LogP contribution in [0.5, 0.6) is 0 Å². The van der Waals surface area contributed by atoms with E-state index >= 15 is 0 Å². The monoisotopic (exact) mass is 400 g/mol. The molecular formula is C25H28N4O. The van der Waals surface area contributed by atoms with Crippen LogP contribution in [-0.4, -0.2) is 30.5 Å². The minimum atomic E-state index is -0.0760. The highest BCUT2D eigenvalue weighted by Gasteiger charge is 2.22. The van der Waals surface area contributed by atoms with Crippen LogP contribution in [0.2, 0.25) is 0 Å². The third-order valence-corrected chi connectivity index (χ3v) is 5.59. The van der Waals surface area contributed by atoms with Crippen LogP contribution in [0.1, 0.15) is 40.0 Å². The minimum Gasteiger partial charge on any atom is -0.353 e. The van der Waals surface area contributed by atoms with E-state index in [4.69, 9.17) is 0 Å². The Morgan fingerprint density at radius 2 is 1.87 bits per heavy atom. The van der Waals surface area contributed by atoms with Crippen LogP contribution in [0.25, 0.3) is 0 Å². The maximum absolute atomic E-state index is 12.7. The number of aromatic nitrogens is 1. The lowest BCUT2D eigenvalue weighted by Gasteiger charge is -2.34. The summed E-state index contributed by atoms with van der Waals surface area (Å²) in [5.74, 6) is 0.769. The smallest absolute Gasteiger partial charge is 0.251 e. The Balaban J connectivity index is 1.40. The second kappa shape index (κ2) is 9.55. The summed E-state index contributed by atoms with van der Waals surface area (Å²) in [6.45, 7) is 5.23. The van der Waals surface area contributed by atoms with Crippen LogP contribution >= 0.6 is 0 Å². The molecule has 2 aromatic carbocycles. The van der Waals surface area contributed by atoms with Gasteiger partial charge in [-0.05, 0) is 35.2 Å². The van der Waals surface area contributed by atoms with Crippen molar-refractivity contribution in [1.82, 2.24) is 15.6 Å². The standard InChI is InChI=1S/C25H28N4O/c1-2-19-8-10-20(11-9-19)17-28-25(30)22-12-13-27-24(16-22)29-15-14-26-23(18-29)21-6-4-3-5-7-21/h3-13,16,23,26H,2,14-15,17-18H2,1H3,(H,28,30)/t23-/m1/s1. The first-order chi connectivity index (χ1) is 14.7. The maximum Gasteiger partial charge on any atom is 0.251 e. The molecule has 0 unspecified atom stereocenters. The fraction of sp³-hybridized carbons (Fsp3) is 0.280. The Labute approximate surface area is 178 Å². The van der Waals surface area contributed by atoms with Crippen LogP contribution < -0.4 is 15.5 Å². The molecule has 1 atom stereocenters. The van der Waals surface area contributed by atoms with Crippen molar-refractivity contribution in [2.45, 2.75) is 25.9 Å². The number of benzene rings is 2. The van der Waals surface area contributed by atoms with E-state index in [0.717, 1.165) is 37.4 Å². The molecule has 2 heterocycles. The SMILES string of the molecule is CCc1ccc(CNC(=O)c2ccnc(N3CCN[C@@H](c4ccccc4)C3)c2)cc1. The van der Waals surface area contributed by atoms with Crippen LogP contribution in [0, 0.1) is 0 Å². The van der Waals surface area contributed by atoms with Gasteiger partial charge in [-0.2, -0.15) is 0 Å². The van der Waals surface area contributed by atoms with E-state index < -0.39 is 0 Å². The first kappa shape index (κ1) is 20.1. The van der Waals surface area contributed by atoms with Gasteiger partial charge in [-0.15, -0.1) is 0 Å². The molecule has 0 spiro atoms. The average molecular weight is 401 g/mol. The normalized spacial score (nSPS) is 16.3. The molecule has 1 aliphatic heterocycles. The van der Waals surface area contributed by atoms with Gasteiger partial charge < -0.3 is 15.5 Å². The highest BCUT2D eigenvalue weighted by Crippen LogP contribution is 2.21. The first-order valence-corrected chi connectivity index (χ1v) is 10.6. The zero-order valence-electron chi connectivity index (χ0n) is 17.3. The number of carbonyl (C=O) groups excluding carboxylic acids is 1. The van der Waals surface area contributed by atoms with Crippen LogP contribution in [0.4, 0.5) is 5.82 Å². The Morgan fingerprint density at radius 3 is 2.63 bits per heavy atom. The number of hydrogen-bond donors (Lipinski definition) is 2. The van der Waals surface area contributed by atoms with Gasteiger partial charge in [-0.25, -0.2) is 4.98 Å². The molecule has 1 aliphatic rings. The second-order valence-corrected chi connectivity index (χ2v) is 7.62. The van der Waals surface area contributed by atoms with Gasteiger partial charge in [-0.1, -0.05) is 61.5 Å². The number of nitrogens with zero attached hydrogens (tertiary/aromatic N) is 2. The summed E-state index contributed by atoms with van der Waals surface area (Å²) < 4.78 is 0. The van der Waals surface area contributed by atoms with E-state index in [0.29, 0.717) is 12.1 Å². The van der Waals surface area contributed by atoms with Gasteiger partial charge in [0.2, 0.25) is 0 Å². The Morgan fingerprint density at radius 1 is 1.10 bits per heavy atom. The van der Waals surface area contributed by atoms with Crippen molar-refractivity contribution in [3.05, 3.63) is 95.2 Å². The highest BCUT2D eigenvalue weighted by molar-refractivity contribution is 5.94. The number of amides is 1. The number of anilines is 1. The number of nitrogens with one attached hydrogen (secondary N) is 2. The molecule has 5 heteroatoms.